The van der Waals surface area contributed by atoms with Gasteiger partial charge >= 0.3 is 6.09 Å². The molecule has 208 valence electrons. The van der Waals surface area contributed by atoms with Crippen molar-refractivity contribution in [1.82, 2.24) is 15.1 Å². The molecular formula is C29H39Cl2N3O4. The molecule has 0 radical (unpaired) electrons. The number of hydrogen-bond donors (Lipinski definition) is 1. The number of Topliss-reactive ketones (excluding diaryl/α,β-unsaturated/α-hetero) is 1. The van der Waals surface area contributed by atoms with Crippen LogP contribution in [0.3, 0.4) is 0 Å². The minimum absolute atomic E-state index is 0.0311. The molecule has 2 saturated carbocycles. The quantitative estimate of drug-likeness (QED) is 0.487. The van der Waals surface area contributed by atoms with Crippen LogP contribution in [0.4, 0.5) is 4.79 Å². The fraction of sp³-hybridized carbons (Fsp3) is 0.690. The molecule has 1 aromatic carbocycles. The summed E-state index contributed by atoms with van der Waals surface area (Å²) in [6.45, 7) is 4.42. The normalized spacial score (nSPS) is 27.4. The second-order valence-corrected chi connectivity index (χ2v) is 12.9. The van der Waals surface area contributed by atoms with E-state index < -0.39 is 11.6 Å². The third kappa shape index (κ3) is 5.18. The van der Waals surface area contributed by atoms with Gasteiger partial charge in [-0.2, -0.15) is 0 Å². The number of amides is 2. The maximum atomic E-state index is 14.5. The zero-order chi connectivity index (χ0) is 27.1. The van der Waals surface area contributed by atoms with Crippen molar-refractivity contribution in [3.63, 3.8) is 0 Å². The minimum Gasteiger partial charge on any atom is -0.449 e. The lowest BCUT2D eigenvalue weighted by Crippen LogP contribution is -2.62. The summed E-state index contributed by atoms with van der Waals surface area (Å²) in [5, 5.41) is 4.26. The van der Waals surface area contributed by atoms with Gasteiger partial charge in [-0.15, -0.1) is 0 Å². The highest BCUT2D eigenvalue weighted by Gasteiger charge is 2.57. The Morgan fingerprint density at radius 1 is 1.08 bits per heavy atom. The van der Waals surface area contributed by atoms with Crippen LogP contribution < -0.4 is 5.32 Å². The van der Waals surface area contributed by atoms with Gasteiger partial charge in [0.15, 0.2) is 5.78 Å². The average Bonchev–Trinajstić information content (AvgIpc) is 3.30. The molecule has 1 N–H and O–H groups in total. The molecule has 2 aliphatic carbocycles. The van der Waals surface area contributed by atoms with Gasteiger partial charge in [0.05, 0.1) is 16.7 Å². The zero-order valence-electron chi connectivity index (χ0n) is 22.4. The van der Waals surface area contributed by atoms with Gasteiger partial charge < -0.3 is 15.0 Å². The van der Waals surface area contributed by atoms with Crippen LogP contribution in [0.2, 0.25) is 10.0 Å². The van der Waals surface area contributed by atoms with Crippen LogP contribution in [0.15, 0.2) is 18.2 Å². The molecule has 9 heteroatoms. The fourth-order valence-electron chi connectivity index (χ4n) is 6.71. The molecule has 0 bridgehead atoms. The highest BCUT2D eigenvalue weighted by Crippen LogP contribution is 2.47. The number of carbonyl (C=O) groups is 3. The smallest absolute Gasteiger partial charge is 0.410 e. The number of ketones is 1. The number of nitrogens with one attached hydrogen (secondary N) is 1. The highest BCUT2D eigenvalue weighted by molar-refractivity contribution is 6.42. The summed E-state index contributed by atoms with van der Waals surface area (Å²) in [6, 6.07) is 5.44. The van der Waals surface area contributed by atoms with Gasteiger partial charge in [0.25, 0.3) is 0 Å². The van der Waals surface area contributed by atoms with Gasteiger partial charge in [-0.1, -0.05) is 49.0 Å². The van der Waals surface area contributed by atoms with Crippen LogP contribution in [0.1, 0.15) is 69.8 Å². The molecule has 2 atom stereocenters. The summed E-state index contributed by atoms with van der Waals surface area (Å²) < 4.78 is 5.79. The van der Waals surface area contributed by atoms with E-state index in [1.54, 1.807) is 24.1 Å². The molecule has 4 aliphatic rings. The maximum Gasteiger partial charge on any atom is 0.410 e. The second-order valence-electron chi connectivity index (χ2n) is 12.1. The lowest BCUT2D eigenvalue weighted by atomic mass is 9.72. The van der Waals surface area contributed by atoms with E-state index in [1.165, 1.54) is 12.8 Å². The van der Waals surface area contributed by atoms with Crippen LogP contribution >= 0.6 is 23.2 Å². The molecule has 2 aliphatic heterocycles. The number of benzene rings is 1. The first-order valence-electron chi connectivity index (χ1n) is 14.1. The van der Waals surface area contributed by atoms with E-state index in [1.807, 2.05) is 17.9 Å². The minimum atomic E-state index is -1.12. The highest BCUT2D eigenvalue weighted by atomic mass is 35.5. The van der Waals surface area contributed by atoms with Crippen LogP contribution in [0, 0.1) is 17.3 Å². The molecule has 7 nitrogen and oxygen atoms in total. The molecule has 38 heavy (non-hydrogen) atoms. The predicted molar refractivity (Wildman–Crippen MR) is 148 cm³/mol. The Bertz CT molecular complexity index is 1080. The predicted octanol–water partition coefficient (Wildman–Crippen LogP) is 5.29. The summed E-state index contributed by atoms with van der Waals surface area (Å²) in [6.07, 6.45) is 7.11. The topological polar surface area (TPSA) is 79.0 Å². The Morgan fingerprint density at radius 3 is 2.39 bits per heavy atom. The first-order chi connectivity index (χ1) is 18.2. The standard InChI is InChI=1S/C29H39Cl2N3O4/c1-28(11-12-28)26(36)34-13-9-20(10-14-34)25(35)29(33(2)27(37)38-17-19-5-3-4-6-19)18-32-16-22(29)21-7-8-23(30)24(31)15-21/h7-8,15,19-20,22,32H,3-6,9-14,16-18H2,1-2H3/t22-,29+/m1/s1. The third-order valence-electron chi connectivity index (χ3n) is 9.55. The van der Waals surface area contributed by atoms with Crippen molar-refractivity contribution in [3.05, 3.63) is 33.8 Å². The lowest BCUT2D eigenvalue weighted by molar-refractivity contribution is -0.142. The van der Waals surface area contributed by atoms with Gasteiger partial charge in [-0.3, -0.25) is 14.5 Å². The summed E-state index contributed by atoms with van der Waals surface area (Å²) in [5.74, 6) is 0.0764. The Hall–Kier alpha value is -1.83. The van der Waals surface area contributed by atoms with Crippen LogP contribution in [0.25, 0.3) is 0 Å². The van der Waals surface area contributed by atoms with E-state index in [-0.39, 0.29) is 28.9 Å². The van der Waals surface area contributed by atoms with Gasteiger partial charge in [0, 0.05) is 50.5 Å². The number of hydrogen-bond acceptors (Lipinski definition) is 5. The Kier molecular flexibility index (Phi) is 8.01. The molecule has 0 spiro atoms. The van der Waals surface area contributed by atoms with E-state index in [0.717, 1.165) is 31.2 Å². The summed E-state index contributed by atoms with van der Waals surface area (Å²) >= 11 is 12.6. The number of carbonyl (C=O) groups excluding carboxylic acids is 3. The second kappa shape index (κ2) is 11.0. The first-order valence-corrected chi connectivity index (χ1v) is 14.8. The van der Waals surface area contributed by atoms with Crippen molar-refractivity contribution in [2.24, 2.45) is 17.3 Å². The molecule has 5 rings (SSSR count). The molecule has 2 amide bonds. The van der Waals surface area contributed by atoms with E-state index in [2.05, 4.69) is 5.32 Å². The lowest BCUT2D eigenvalue weighted by Gasteiger charge is -2.44. The number of likely N-dealkylation sites (tertiary alicyclic amines) is 1. The van der Waals surface area contributed by atoms with Gasteiger partial charge in [0.2, 0.25) is 5.91 Å². The van der Waals surface area contributed by atoms with Crippen LogP contribution in [-0.4, -0.2) is 73.0 Å². The number of likely N-dealkylation sites (N-methyl/N-ethyl adjacent to an activating group) is 1. The van der Waals surface area contributed by atoms with Crippen molar-refractivity contribution in [2.45, 2.75) is 69.7 Å². The number of piperidine rings is 1. The average molecular weight is 565 g/mol. The van der Waals surface area contributed by atoms with Gasteiger partial charge in [0.1, 0.15) is 5.54 Å². The summed E-state index contributed by atoms with van der Waals surface area (Å²) in [5.41, 5.74) is -0.471. The molecule has 0 aromatic heterocycles. The molecule has 0 unspecified atom stereocenters. The monoisotopic (exact) mass is 563 g/mol. The Labute approximate surface area is 235 Å². The SMILES string of the molecule is CN(C(=O)OCC1CCCC1)[C@@]1(C(=O)C2CCN(C(=O)C3(C)CC3)CC2)CNC[C@@H]1c1ccc(Cl)c(Cl)c1. The van der Waals surface area contributed by atoms with Gasteiger partial charge in [-0.05, 0) is 62.1 Å². The van der Waals surface area contributed by atoms with Gasteiger partial charge in [-0.25, -0.2) is 4.79 Å². The Morgan fingerprint density at radius 2 is 1.76 bits per heavy atom. The number of ether oxygens (including phenoxy) is 1. The van der Waals surface area contributed by atoms with Crippen molar-refractivity contribution < 1.29 is 19.1 Å². The van der Waals surface area contributed by atoms with Crippen molar-refractivity contribution >= 4 is 41.0 Å². The fourth-order valence-corrected chi connectivity index (χ4v) is 7.01. The third-order valence-corrected chi connectivity index (χ3v) is 10.3. The summed E-state index contributed by atoms with van der Waals surface area (Å²) in [4.78, 5) is 44.3. The molecular weight excluding hydrogens is 525 g/mol. The van der Waals surface area contributed by atoms with E-state index in [9.17, 15) is 14.4 Å². The van der Waals surface area contributed by atoms with E-state index in [4.69, 9.17) is 27.9 Å². The van der Waals surface area contributed by atoms with Crippen LogP contribution in [-0.2, 0) is 14.3 Å². The largest absolute Gasteiger partial charge is 0.449 e. The summed E-state index contributed by atoms with van der Waals surface area (Å²) in [7, 11) is 1.69. The van der Waals surface area contributed by atoms with Crippen LogP contribution in [0.5, 0.6) is 0 Å². The number of nitrogens with zero attached hydrogens (tertiary/aromatic N) is 2. The van der Waals surface area contributed by atoms with Crippen molar-refractivity contribution in [1.29, 1.82) is 0 Å². The van der Waals surface area contributed by atoms with Crippen molar-refractivity contribution in [3.8, 4) is 0 Å². The zero-order valence-corrected chi connectivity index (χ0v) is 24.0. The van der Waals surface area contributed by atoms with Crippen molar-refractivity contribution in [2.75, 3.05) is 39.8 Å². The first kappa shape index (κ1) is 27.7. The number of halogens is 2. The molecule has 2 heterocycles. The maximum absolute atomic E-state index is 14.5. The Balaban J connectivity index is 1.39. The molecule has 1 aromatic rings. The number of rotatable bonds is 7. The molecule has 2 saturated heterocycles. The van der Waals surface area contributed by atoms with E-state index >= 15 is 0 Å². The van der Waals surface area contributed by atoms with E-state index in [0.29, 0.717) is 61.6 Å². The molecule has 4 fully saturated rings.